The lowest BCUT2D eigenvalue weighted by Gasteiger charge is -2.08. The van der Waals surface area contributed by atoms with Crippen LogP contribution in [0.25, 0.3) is 0 Å². The summed E-state index contributed by atoms with van der Waals surface area (Å²) >= 11 is 0. The summed E-state index contributed by atoms with van der Waals surface area (Å²) < 4.78 is 10.5. The first kappa shape index (κ1) is 17.7. The first-order valence-corrected chi connectivity index (χ1v) is 7.59. The zero-order chi connectivity index (χ0) is 17.0. The molecule has 0 saturated carbocycles. The fourth-order valence-electron chi connectivity index (χ4n) is 1.88. The molecule has 0 aliphatic rings. The first-order chi connectivity index (χ1) is 11.8. The van der Waals surface area contributed by atoms with E-state index < -0.39 is 0 Å². The standard InChI is InChI=1S/C18H20N2O4/c21-17(15-7-3-1-4-8-15)19-13-23-11-12-24-14-20-18(22)16-9-5-2-6-10-16/h1-10H,11-14H2,(H,19,21)(H,20,22). The minimum absolute atomic E-state index is 0.105. The lowest BCUT2D eigenvalue weighted by atomic mass is 10.2. The van der Waals surface area contributed by atoms with Crippen LogP contribution in [0.3, 0.4) is 0 Å². The SMILES string of the molecule is O=C(NCOCCOCNC(=O)c1ccccc1)c1ccccc1. The fraction of sp³-hybridized carbons (Fsp3) is 0.222. The van der Waals surface area contributed by atoms with Gasteiger partial charge in [-0.05, 0) is 24.3 Å². The van der Waals surface area contributed by atoms with Crippen LogP contribution >= 0.6 is 0 Å². The van der Waals surface area contributed by atoms with Crippen LogP contribution in [0.1, 0.15) is 20.7 Å². The molecule has 126 valence electrons. The Morgan fingerprint density at radius 1 is 0.667 bits per heavy atom. The van der Waals surface area contributed by atoms with Gasteiger partial charge in [-0.3, -0.25) is 9.59 Å². The molecule has 0 unspecified atom stereocenters. The molecule has 0 radical (unpaired) electrons. The highest BCUT2D eigenvalue weighted by Crippen LogP contribution is 1.98. The van der Waals surface area contributed by atoms with Crippen molar-refractivity contribution in [3.8, 4) is 0 Å². The molecule has 2 aromatic rings. The van der Waals surface area contributed by atoms with E-state index in [4.69, 9.17) is 9.47 Å². The molecule has 6 heteroatoms. The summed E-state index contributed by atoms with van der Waals surface area (Å²) in [5.74, 6) is -0.377. The Labute approximate surface area is 140 Å². The zero-order valence-corrected chi connectivity index (χ0v) is 13.2. The highest BCUT2D eigenvalue weighted by molar-refractivity contribution is 5.94. The van der Waals surface area contributed by atoms with E-state index in [0.29, 0.717) is 24.3 Å². The lowest BCUT2D eigenvalue weighted by Crippen LogP contribution is -2.28. The molecule has 0 spiro atoms. The van der Waals surface area contributed by atoms with Crippen LogP contribution < -0.4 is 10.6 Å². The maximum Gasteiger partial charge on any atom is 0.253 e. The van der Waals surface area contributed by atoms with E-state index in [1.165, 1.54) is 0 Å². The van der Waals surface area contributed by atoms with E-state index in [1.807, 2.05) is 12.1 Å². The van der Waals surface area contributed by atoms with Crippen LogP contribution in [0.5, 0.6) is 0 Å². The lowest BCUT2D eigenvalue weighted by molar-refractivity contribution is 0.0318. The van der Waals surface area contributed by atoms with Crippen molar-refractivity contribution in [1.29, 1.82) is 0 Å². The monoisotopic (exact) mass is 328 g/mol. The number of carbonyl (C=O) groups excluding carboxylic acids is 2. The largest absolute Gasteiger partial charge is 0.359 e. The Bertz CT molecular complexity index is 574. The minimum Gasteiger partial charge on any atom is -0.359 e. The highest BCUT2D eigenvalue weighted by atomic mass is 16.5. The third-order valence-electron chi connectivity index (χ3n) is 3.11. The quantitative estimate of drug-likeness (QED) is 0.543. The van der Waals surface area contributed by atoms with Crippen molar-refractivity contribution < 1.29 is 19.1 Å². The van der Waals surface area contributed by atoms with E-state index in [2.05, 4.69) is 10.6 Å². The van der Waals surface area contributed by atoms with Crippen LogP contribution in [0.2, 0.25) is 0 Å². The summed E-state index contributed by atoms with van der Waals surface area (Å²) in [4.78, 5) is 23.4. The molecule has 0 aromatic heterocycles. The Morgan fingerprint density at radius 2 is 1.04 bits per heavy atom. The normalized spacial score (nSPS) is 10.2. The molecule has 2 amide bonds. The molecule has 0 fully saturated rings. The van der Waals surface area contributed by atoms with Crippen molar-refractivity contribution in [3.63, 3.8) is 0 Å². The minimum atomic E-state index is -0.188. The Balaban J connectivity index is 1.48. The second-order valence-electron chi connectivity index (χ2n) is 4.85. The molecule has 2 aromatic carbocycles. The molecule has 0 heterocycles. The number of ether oxygens (including phenoxy) is 2. The van der Waals surface area contributed by atoms with Crippen molar-refractivity contribution in [3.05, 3.63) is 71.8 Å². The fourth-order valence-corrected chi connectivity index (χ4v) is 1.88. The third-order valence-corrected chi connectivity index (χ3v) is 3.11. The summed E-state index contributed by atoms with van der Waals surface area (Å²) in [5, 5.41) is 5.29. The molecule has 0 saturated heterocycles. The van der Waals surface area contributed by atoms with E-state index >= 15 is 0 Å². The van der Waals surface area contributed by atoms with Gasteiger partial charge in [0.2, 0.25) is 0 Å². The van der Waals surface area contributed by atoms with Gasteiger partial charge >= 0.3 is 0 Å². The van der Waals surface area contributed by atoms with E-state index in [0.717, 1.165) is 0 Å². The number of nitrogens with one attached hydrogen (secondary N) is 2. The van der Waals surface area contributed by atoms with Crippen LogP contribution in [-0.4, -0.2) is 38.5 Å². The van der Waals surface area contributed by atoms with Crippen LogP contribution in [-0.2, 0) is 9.47 Å². The molecular weight excluding hydrogens is 308 g/mol. The molecule has 2 N–H and O–H groups in total. The summed E-state index contributed by atoms with van der Waals surface area (Å²) in [6.45, 7) is 0.841. The molecule has 2 rings (SSSR count). The van der Waals surface area contributed by atoms with Gasteiger partial charge in [0.25, 0.3) is 11.8 Å². The van der Waals surface area contributed by atoms with Crippen molar-refractivity contribution in [1.82, 2.24) is 10.6 Å². The first-order valence-electron chi connectivity index (χ1n) is 7.59. The van der Waals surface area contributed by atoms with E-state index in [1.54, 1.807) is 48.5 Å². The average molecular weight is 328 g/mol. The molecule has 0 aliphatic carbocycles. The van der Waals surface area contributed by atoms with Crippen LogP contribution in [0.4, 0.5) is 0 Å². The molecule has 6 nitrogen and oxygen atoms in total. The van der Waals surface area contributed by atoms with Gasteiger partial charge in [0.15, 0.2) is 0 Å². The molecule has 0 aliphatic heterocycles. The average Bonchev–Trinajstić information content (AvgIpc) is 2.65. The maximum absolute atomic E-state index is 11.7. The van der Waals surface area contributed by atoms with Gasteiger partial charge < -0.3 is 20.1 Å². The predicted molar refractivity (Wildman–Crippen MR) is 89.5 cm³/mol. The molecule has 0 atom stereocenters. The predicted octanol–water partition coefficient (Wildman–Crippen LogP) is 1.79. The van der Waals surface area contributed by atoms with E-state index in [-0.39, 0.29) is 25.3 Å². The molecule has 24 heavy (non-hydrogen) atoms. The molecule has 0 bridgehead atoms. The third kappa shape index (κ3) is 6.20. The molecular formula is C18H20N2O4. The van der Waals surface area contributed by atoms with Crippen molar-refractivity contribution in [2.75, 3.05) is 26.7 Å². The second kappa shape index (κ2) is 10.1. The highest BCUT2D eigenvalue weighted by Gasteiger charge is 2.04. The topological polar surface area (TPSA) is 76.7 Å². The zero-order valence-electron chi connectivity index (χ0n) is 13.2. The van der Waals surface area contributed by atoms with Crippen molar-refractivity contribution in [2.24, 2.45) is 0 Å². The number of carbonyl (C=O) groups is 2. The van der Waals surface area contributed by atoms with Gasteiger partial charge in [0, 0.05) is 11.1 Å². The van der Waals surface area contributed by atoms with Gasteiger partial charge in [0.1, 0.15) is 13.5 Å². The number of rotatable bonds is 9. The van der Waals surface area contributed by atoms with Gasteiger partial charge in [-0.25, -0.2) is 0 Å². The van der Waals surface area contributed by atoms with Crippen molar-refractivity contribution >= 4 is 11.8 Å². The number of amides is 2. The Kier molecular flexibility index (Phi) is 7.46. The summed E-state index contributed by atoms with van der Waals surface area (Å²) in [7, 11) is 0. The van der Waals surface area contributed by atoms with Crippen LogP contribution in [0.15, 0.2) is 60.7 Å². The van der Waals surface area contributed by atoms with Gasteiger partial charge in [-0.15, -0.1) is 0 Å². The van der Waals surface area contributed by atoms with Gasteiger partial charge in [-0.2, -0.15) is 0 Å². The summed E-state index contributed by atoms with van der Waals surface area (Å²) in [5.41, 5.74) is 1.17. The number of hydrogen-bond donors (Lipinski definition) is 2. The second-order valence-corrected chi connectivity index (χ2v) is 4.85. The van der Waals surface area contributed by atoms with Gasteiger partial charge in [-0.1, -0.05) is 36.4 Å². The smallest absolute Gasteiger partial charge is 0.253 e. The number of benzene rings is 2. The summed E-state index contributed by atoms with van der Waals surface area (Å²) in [6, 6.07) is 17.8. The van der Waals surface area contributed by atoms with Crippen molar-refractivity contribution in [2.45, 2.75) is 0 Å². The van der Waals surface area contributed by atoms with Crippen LogP contribution in [0, 0.1) is 0 Å². The Hall–Kier alpha value is -2.70. The van der Waals surface area contributed by atoms with Gasteiger partial charge in [0.05, 0.1) is 13.2 Å². The number of hydrogen-bond acceptors (Lipinski definition) is 4. The Morgan fingerprint density at radius 3 is 1.42 bits per heavy atom. The summed E-state index contributed by atoms with van der Waals surface area (Å²) in [6.07, 6.45) is 0. The maximum atomic E-state index is 11.7. The van der Waals surface area contributed by atoms with E-state index in [9.17, 15) is 9.59 Å².